The first-order valence-corrected chi connectivity index (χ1v) is 16.4. The summed E-state index contributed by atoms with van der Waals surface area (Å²) in [4.78, 5) is 15.6. The first kappa shape index (κ1) is 27.5. The highest BCUT2D eigenvalue weighted by Crippen LogP contribution is 2.42. The molecule has 0 aliphatic rings. The van der Waals surface area contributed by atoms with E-state index in [0.29, 0.717) is 17.5 Å². The van der Waals surface area contributed by atoms with Gasteiger partial charge in [-0.05, 0) is 68.4 Å². The van der Waals surface area contributed by atoms with Crippen molar-refractivity contribution in [3.8, 4) is 45.3 Å². The average molecular weight is 626 g/mol. The molecule has 0 fully saturated rings. The lowest BCUT2D eigenvalue weighted by molar-refractivity contribution is 0.673. The Morgan fingerprint density at radius 2 is 0.898 bits per heavy atom. The predicted octanol–water partition coefficient (Wildman–Crippen LogP) is 11.9. The van der Waals surface area contributed by atoms with Crippen molar-refractivity contribution < 1.29 is 4.42 Å². The summed E-state index contributed by atoms with van der Waals surface area (Å²) in [6.07, 6.45) is 0. The van der Waals surface area contributed by atoms with Crippen molar-refractivity contribution in [3.63, 3.8) is 0 Å². The molecule has 0 spiro atoms. The Balaban J connectivity index is 1.29. The third-order valence-electron chi connectivity index (χ3n) is 9.46. The number of nitrogens with zero attached hydrogens (tertiary/aromatic N) is 3. The fourth-order valence-corrected chi connectivity index (χ4v) is 7.02. The molecule has 0 bridgehead atoms. The van der Waals surface area contributed by atoms with Crippen LogP contribution in [-0.2, 0) is 0 Å². The minimum atomic E-state index is 0.597. The van der Waals surface area contributed by atoms with Gasteiger partial charge in [-0.2, -0.15) is 0 Å². The molecule has 0 amide bonds. The van der Waals surface area contributed by atoms with Crippen molar-refractivity contribution >= 4 is 54.3 Å². The van der Waals surface area contributed by atoms with Gasteiger partial charge in [-0.15, -0.1) is 0 Å². The van der Waals surface area contributed by atoms with Gasteiger partial charge >= 0.3 is 0 Å². The molecule has 2 heterocycles. The summed E-state index contributed by atoms with van der Waals surface area (Å²) < 4.78 is 6.74. The van der Waals surface area contributed by atoms with Crippen molar-refractivity contribution in [3.05, 3.63) is 164 Å². The van der Waals surface area contributed by atoms with Gasteiger partial charge in [-0.3, -0.25) is 0 Å². The Hall–Kier alpha value is -6.65. The van der Waals surface area contributed by atoms with Crippen LogP contribution in [0.15, 0.2) is 168 Å². The summed E-state index contributed by atoms with van der Waals surface area (Å²) in [5.74, 6) is 1.84. The molecule has 228 valence electrons. The SMILES string of the molecule is c1ccc(-c2cc(-c3nc(-c4ccc5ccccc5c4)nc(-c4ccc5ccccc5c4)n3)c3c(c2)oc2c4ccccc4ccc23)cc1. The monoisotopic (exact) mass is 625 g/mol. The number of fused-ring (bicyclic) bond motifs is 7. The third-order valence-corrected chi connectivity index (χ3v) is 9.46. The smallest absolute Gasteiger partial charge is 0.164 e. The molecule has 0 saturated carbocycles. The average Bonchev–Trinajstić information content (AvgIpc) is 3.56. The van der Waals surface area contributed by atoms with E-state index < -0.39 is 0 Å². The van der Waals surface area contributed by atoms with E-state index in [0.717, 1.165) is 71.3 Å². The van der Waals surface area contributed by atoms with Crippen LogP contribution in [0.5, 0.6) is 0 Å². The lowest BCUT2D eigenvalue weighted by Crippen LogP contribution is -2.01. The summed E-state index contributed by atoms with van der Waals surface area (Å²) in [6, 6.07) is 56.9. The van der Waals surface area contributed by atoms with Crippen LogP contribution in [0, 0.1) is 0 Å². The number of hydrogen-bond acceptors (Lipinski definition) is 4. The quantitative estimate of drug-likeness (QED) is 0.195. The minimum absolute atomic E-state index is 0.597. The molecule has 4 nitrogen and oxygen atoms in total. The molecule has 0 unspecified atom stereocenters. The summed E-state index contributed by atoms with van der Waals surface area (Å²) in [5.41, 5.74) is 6.55. The number of rotatable bonds is 4. The van der Waals surface area contributed by atoms with Gasteiger partial charge in [0.15, 0.2) is 17.5 Å². The second kappa shape index (κ2) is 11.0. The molecular weight excluding hydrogens is 599 g/mol. The number of benzene rings is 8. The van der Waals surface area contributed by atoms with Crippen LogP contribution in [-0.4, -0.2) is 15.0 Å². The topological polar surface area (TPSA) is 51.8 Å². The number of aromatic nitrogens is 3. The molecule has 49 heavy (non-hydrogen) atoms. The molecule has 0 aliphatic heterocycles. The number of furan rings is 1. The second-order valence-electron chi connectivity index (χ2n) is 12.5. The van der Waals surface area contributed by atoms with Crippen LogP contribution in [0.2, 0.25) is 0 Å². The Morgan fingerprint density at radius 1 is 0.347 bits per heavy atom. The Bertz CT molecular complexity index is 2790. The lowest BCUT2D eigenvalue weighted by atomic mass is 9.97. The number of hydrogen-bond donors (Lipinski definition) is 0. The Kier molecular flexibility index (Phi) is 6.15. The van der Waals surface area contributed by atoms with E-state index in [1.807, 2.05) is 6.07 Å². The molecule has 10 aromatic rings. The maximum absolute atomic E-state index is 6.74. The molecule has 0 atom stereocenters. The van der Waals surface area contributed by atoms with Gasteiger partial charge in [0.2, 0.25) is 0 Å². The molecule has 8 aromatic carbocycles. The fraction of sp³-hybridized carbons (Fsp3) is 0. The van der Waals surface area contributed by atoms with Crippen molar-refractivity contribution in [2.45, 2.75) is 0 Å². The standard InChI is InChI=1S/C45H27N3O/c1-2-10-28(11-3-1)36-26-39(41-38-23-22-31-14-8-9-17-37(31)42(38)49-40(41)27-36)45-47-43(34-20-18-29-12-4-6-15-32(29)24-34)46-44(48-45)35-21-19-30-13-5-7-16-33(30)25-35/h1-27H. The highest BCUT2D eigenvalue weighted by molar-refractivity contribution is 6.19. The van der Waals surface area contributed by atoms with Crippen LogP contribution in [0.4, 0.5) is 0 Å². The molecule has 0 saturated heterocycles. The van der Waals surface area contributed by atoms with Gasteiger partial charge in [-0.25, -0.2) is 15.0 Å². The summed E-state index contributed by atoms with van der Waals surface area (Å²) in [5, 5.41) is 8.84. The molecule has 0 radical (unpaired) electrons. The van der Waals surface area contributed by atoms with Gasteiger partial charge in [0.1, 0.15) is 11.2 Å². The zero-order valence-corrected chi connectivity index (χ0v) is 26.3. The minimum Gasteiger partial charge on any atom is -0.455 e. The zero-order chi connectivity index (χ0) is 32.3. The van der Waals surface area contributed by atoms with Gasteiger partial charge in [0.05, 0.1) is 0 Å². The predicted molar refractivity (Wildman–Crippen MR) is 201 cm³/mol. The van der Waals surface area contributed by atoms with E-state index in [2.05, 4.69) is 158 Å². The normalized spacial score (nSPS) is 11.7. The Labute approximate surface area is 282 Å². The van der Waals surface area contributed by atoms with Crippen molar-refractivity contribution in [2.75, 3.05) is 0 Å². The molecule has 0 N–H and O–H groups in total. The van der Waals surface area contributed by atoms with E-state index in [9.17, 15) is 0 Å². The Morgan fingerprint density at radius 3 is 1.57 bits per heavy atom. The summed E-state index contributed by atoms with van der Waals surface area (Å²) in [7, 11) is 0. The first-order valence-electron chi connectivity index (χ1n) is 16.4. The maximum atomic E-state index is 6.74. The molecule has 4 heteroatoms. The van der Waals surface area contributed by atoms with E-state index in [4.69, 9.17) is 19.4 Å². The second-order valence-corrected chi connectivity index (χ2v) is 12.5. The van der Waals surface area contributed by atoms with Gasteiger partial charge in [0.25, 0.3) is 0 Å². The molecular formula is C45H27N3O. The van der Waals surface area contributed by atoms with Crippen LogP contribution in [0.1, 0.15) is 0 Å². The first-order chi connectivity index (χ1) is 24.2. The van der Waals surface area contributed by atoms with E-state index in [1.165, 1.54) is 10.8 Å². The molecule has 0 aliphatic carbocycles. The van der Waals surface area contributed by atoms with Crippen molar-refractivity contribution in [1.82, 2.24) is 15.0 Å². The van der Waals surface area contributed by atoms with Crippen LogP contribution in [0.3, 0.4) is 0 Å². The molecule has 2 aromatic heterocycles. The zero-order valence-electron chi connectivity index (χ0n) is 26.3. The third kappa shape index (κ3) is 4.65. The van der Waals surface area contributed by atoms with Crippen molar-refractivity contribution in [2.24, 2.45) is 0 Å². The maximum Gasteiger partial charge on any atom is 0.164 e. The largest absolute Gasteiger partial charge is 0.455 e. The van der Waals surface area contributed by atoms with E-state index in [1.54, 1.807) is 0 Å². The van der Waals surface area contributed by atoms with Crippen LogP contribution >= 0.6 is 0 Å². The van der Waals surface area contributed by atoms with Gasteiger partial charge in [-0.1, -0.05) is 133 Å². The van der Waals surface area contributed by atoms with Crippen LogP contribution in [0.25, 0.3) is 99.5 Å². The van der Waals surface area contributed by atoms with Gasteiger partial charge in [0, 0.05) is 32.8 Å². The van der Waals surface area contributed by atoms with Crippen molar-refractivity contribution in [1.29, 1.82) is 0 Å². The van der Waals surface area contributed by atoms with Gasteiger partial charge < -0.3 is 4.42 Å². The fourth-order valence-electron chi connectivity index (χ4n) is 7.02. The summed E-state index contributed by atoms with van der Waals surface area (Å²) >= 11 is 0. The van der Waals surface area contributed by atoms with E-state index in [-0.39, 0.29) is 0 Å². The van der Waals surface area contributed by atoms with Crippen LogP contribution < -0.4 is 0 Å². The molecule has 10 rings (SSSR count). The lowest BCUT2D eigenvalue weighted by Gasteiger charge is -2.12. The highest BCUT2D eigenvalue weighted by Gasteiger charge is 2.21. The summed E-state index contributed by atoms with van der Waals surface area (Å²) in [6.45, 7) is 0. The highest BCUT2D eigenvalue weighted by atomic mass is 16.3. The van der Waals surface area contributed by atoms with E-state index >= 15 is 0 Å².